The summed E-state index contributed by atoms with van der Waals surface area (Å²) >= 11 is 0. The molecule has 0 aromatic heterocycles. The molecule has 0 aliphatic heterocycles. The average molecular weight is 224 g/mol. The van der Waals surface area contributed by atoms with Crippen LogP contribution < -0.4 is 10.1 Å². The van der Waals surface area contributed by atoms with Crippen LogP contribution in [0.15, 0.2) is 24.3 Å². The Bertz CT molecular complexity index is 375. The minimum atomic E-state index is -0.698. The van der Waals surface area contributed by atoms with Gasteiger partial charge < -0.3 is 10.1 Å². The SMILES string of the molecule is COc1ccc(CNC(=O)C[N+](=O)[O-])cc1. The summed E-state index contributed by atoms with van der Waals surface area (Å²) < 4.78 is 4.97. The van der Waals surface area contributed by atoms with E-state index in [2.05, 4.69) is 5.32 Å². The molecule has 86 valence electrons. The van der Waals surface area contributed by atoms with Gasteiger partial charge in [0.15, 0.2) is 0 Å². The Morgan fingerprint density at radius 1 is 1.44 bits per heavy atom. The largest absolute Gasteiger partial charge is 0.497 e. The normalized spacial score (nSPS) is 9.56. The first kappa shape index (κ1) is 12.0. The molecule has 6 heteroatoms. The Morgan fingerprint density at radius 2 is 2.06 bits per heavy atom. The maximum atomic E-state index is 11.0. The molecule has 16 heavy (non-hydrogen) atoms. The quantitative estimate of drug-likeness (QED) is 0.586. The molecular weight excluding hydrogens is 212 g/mol. The predicted octanol–water partition coefficient (Wildman–Crippen LogP) is 0.588. The number of hydrogen-bond donors (Lipinski definition) is 1. The van der Waals surface area contributed by atoms with Crippen LogP contribution in [0.25, 0.3) is 0 Å². The molecule has 0 fully saturated rings. The van der Waals surface area contributed by atoms with E-state index in [1.165, 1.54) is 0 Å². The lowest BCUT2D eigenvalue weighted by molar-refractivity contribution is -0.467. The number of nitro groups is 1. The fourth-order valence-electron chi connectivity index (χ4n) is 1.12. The molecule has 1 amide bonds. The third-order valence-electron chi connectivity index (χ3n) is 1.92. The van der Waals surface area contributed by atoms with Gasteiger partial charge in [0.05, 0.1) is 7.11 Å². The summed E-state index contributed by atoms with van der Waals surface area (Å²) in [5.41, 5.74) is 0.859. The highest BCUT2D eigenvalue weighted by molar-refractivity contribution is 5.76. The summed E-state index contributed by atoms with van der Waals surface area (Å²) in [5.74, 6) is 0.126. The first-order valence-corrected chi connectivity index (χ1v) is 4.63. The molecule has 0 saturated heterocycles. The number of amides is 1. The van der Waals surface area contributed by atoms with E-state index < -0.39 is 17.4 Å². The van der Waals surface area contributed by atoms with Gasteiger partial charge in [-0.05, 0) is 17.7 Å². The zero-order valence-corrected chi connectivity index (χ0v) is 8.80. The molecule has 0 bridgehead atoms. The molecule has 0 saturated carbocycles. The number of carbonyl (C=O) groups excluding carboxylic acids is 1. The van der Waals surface area contributed by atoms with Gasteiger partial charge in [0.1, 0.15) is 5.75 Å². The molecule has 0 aliphatic carbocycles. The first-order valence-electron chi connectivity index (χ1n) is 4.63. The zero-order valence-electron chi connectivity index (χ0n) is 8.80. The predicted molar refractivity (Wildman–Crippen MR) is 56.7 cm³/mol. The molecular formula is C10H12N2O4. The van der Waals surface area contributed by atoms with Crippen LogP contribution >= 0.6 is 0 Å². The number of benzene rings is 1. The van der Waals surface area contributed by atoms with Crippen LogP contribution in [-0.4, -0.2) is 24.5 Å². The maximum absolute atomic E-state index is 11.0. The topological polar surface area (TPSA) is 81.5 Å². The van der Waals surface area contributed by atoms with Crippen molar-refractivity contribution in [2.45, 2.75) is 6.54 Å². The third kappa shape index (κ3) is 3.95. The number of nitrogens with one attached hydrogen (secondary N) is 1. The van der Waals surface area contributed by atoms with Gasteiger partial charge in [-0.25, -0.2) is 0 Å². The van der Waals surface area contributed by atoms with E-state index in [0.717, 1.165) is 11.3 Å². The van der Waals surface area contributed by atoms with E-state index in [4.69, 9.17) is 4.74 Å². The highest BCUT2D eigenvalue weighted by atomic mass is 16.6. The van der Waals surface area contributed by atoms with Crippen molar-refractivity contribution in [1.82, 2.24) is 5.32 Å². The average Bonchev–Trinajstić information content (AvgIpc) is 2.26. The fourth-order valence-corrected chi connectivity index (χ4v) is 1.12. The van der Waals surface area contributed by atoms with Crippen LogP contribution in [0, 0.1) is 10.1 Å². The van der Waals surface area contributed by atoms with Crippen LogP contribution in [-0.2, 0) is 11.3 Å². The number of hydrogen-bond acceptors (Lipinski definition) is 4. The summed E-state index contributed by atoms with van der Waals surface area (Å²) in [6.45, 7) is -0.424. The van der Waals surface area contributed by atoms with Gasteiger partial charge in [0.2, 0.25) is 0 Å². The van der Waals surface area contributed by atoms with Crippen LogP contribution in [0.3, 0.4) is 0 Å². The first-order chi connectivity index (χ1) is 7.61. The Kier molecular flexibility index (Phi) is 4.26. The molecule has 0 atom stereocenters. The van der Waals surface area contributed by atoms with Crippen molar-refractivity contribution >= 4 is 5.91 Å². The van der Waals surface area contributed by atoms with Crippen molar-refractivity contribution in [3.63, 3.8) is 0 Å². The van der Waals surface area contributed by atoms with Gasteiger partial charge in [-0.2, -0.15) is 0 Å². The van der Waals surface area contributed by atoms with Gasteiger partial charge in [0.25, 0.3) is 12.5 Å². The van der Waals surface area contributed by atoms with Crippen LogP contribution in [0.2, 0.25) is 0 Å². The van der Waals surface area contributed by atoms with Crippen molar-refractivity contribution in [2.24, 2.45) is 0 Å². The van der Waals surface area contributed by atoms with Crippen molar-refractivity contribution in [2.75, 3.05) is 13.7 Å². The Hall–Kier alpha value is -2.11. The number of nitrogens with zero attached hydrogens (tertiary/aromatic N) is 1. The molecule has 0 unspecified atom stereocenters. The van der Waals surface area contributed by atoms with E-state index >= 15 is 0 Å². The van der Waals surface area contributed by atoms with E-state index in [9.17, 15) is 14.9 Å². The lowest BCUT2D eigenvalue weighted by Crippen LogP contribution is -2.29. The van der Waals surface area contributed by atoms with Crippen LogP contribution in [0.1, 0.15) is 5.56 Å². The molecule has 1 N–H and O–H groups in total. The lowest BCUT2D eigenvalue weighted by atomic mass is 10.2. The monoisotopic (exact) mass is 224 g/mol. The van der Waals surface area contributed by atoms with Gasteiger partial charge >= 0.3 is 0 Å². The number of ether oxygens (including phenoxy) is 1. The van der Waals surface area contributed by atoms with Gasteiger partial charge in [0, 0.05) is 11.5 Å². The Morgan fingerprint density at radius 3 is 2.56 bits per heavy atom. The summed E-state index contributed by atoms with van der Waals surface area (Å²) in [7, 11) is 1.56. The molecule has 6 nitrogen and oxygen atoms in total. The Balaban J connectivity index is 2.42. The summed E-state index contributed by atoms with van der Waals surface area (Å²) in [6, 6.07) is 7.08. The minimum absolute atomic E-state index is 0.274. The van der Waals surface area contributed by atoms with E-state index in [0.29, 0.717) is 0 Å². The second-order valence-corrected chi connectivity index (χ2v) is 3.12. The van der Waals surface area contributed by atoms with Gasteiger partial charge in [-0.1, -0.05) is 12.1 Å². The number of carbonyl (C=O) groups is 1. The molecule has 1 aromatic carbocycles. The highest BCUT2D eigenvalue weighted by Crippen LogP contribution is 2.10. The second kappa shape index (κ2) is 5.69. The van der Waals surface area contributed by atoms with E-state index in [1.807, 2.05) is 0 Å². The molecule has 0 radical (unpaired) electrons. The third-order valence-corrected chi connectivity index (χ3v) is 1.92. The number of methoxy groups -OCH3 is 1. The lowest BCUT2D eigenvalue weighted by Gasteiger charge is -2.04. The van der Waals surface area contributed by atoms with Gasteiger partial charge in [-0.3, -0.25) is 14.9 Å². The smallest absolute Gasteiger partial charge is 0.292 e. The number of rotatable bonds is 5. The van der Waals surface area contributed by atoms with Crippen LogP contribution in [0.4, 0.5) is 0 Å². The summed E-state index contributed by atoms with van der Waals surface area (Å²) in [6.07, 6.45) is 0. The minimum Gasteiger partial charge on any atom is -0.497 e. The van der Waals surface area contributed by atoms with Crippen molar-refractivity contribution < 1.29 is 14.5 Å². The molecule has 1 aromatic rings. The Labute approximate surface area is 92.4 Å². The molecule has 0 spiro atoms. The zero-order chi connectivity index (χ0) is 12.0. The van der Waals surface area contributed by atoms with Crippen molar-refractivity contribution in [1.29, 1.82) is 0 Å². The maximum Gasteiger partial charge on any atom is 0.292 e. The van der Waals surface area contributed by atoms with Crippen molar-refractivity contribution in [3.05, 3.63) is 39.9 Å². The van der Waals surface area contributed by atoms with E-state index in [1.54, 1.807) is 31.4 Å². The second-order valence-electron chi connectivity index (χ2n) is 3.12. The fraction of sp³-hybridized carbons (Fsp3) is 0.300. The van der Waals surface area contributed by atoms with E-state index in [-0.39, 0.29) is 6.54 Å². The van der Waals surface area contributed by atoms with Crippen LogP contribution in [0.5, 0.6) is 5.75 Å². The molecule has 0 heterocycles. The van der Waals surface area contributed by atoms with Crippen molar-refractivity contribution in [3.8, 4) is 5.75 Å². The summed E-state index contributed by atoms with van der Waals surface area (Å²) in [4.78, 5) is 20.3. The standard InChI is InChI=1S/C10H12N2O4/c1-16-9-4-2-8(3-5-9)6-11-10(13)7-12(14)15/h2-5H,6-7H2,1H3,(H,11,13). The molecule has 0 aliphatic rings. The highest BCUT2D eigenvalue weighted by Gasteiger charge is 2.07. The molecule has 1 rings (SSSR count). The summed E-state index contributed by atoms with van der Waals surface area (Å²) in [5, 5.41) is 12.5. The van der Waals surface area contributed by atoms with Gasteiger partial charge in [-0.15, -0.1) is 0 Å².